The maximum Gasteiger partial charge on any atom is 0.339 e. The molecule has 0 aliphatic heterocycles. The first-order valence-electron chi connectivity index (χ1n) is 9.73. The Morgan fingerprint density at radius 1 is 1.13 bits per heavy atom. The molecule has 1 atom stereocenters. The Morgan fingerprint density at radius 2 is 1.80 bits per heavy atom. The number of nitrogens with zero attached hydrogens (tertiary/aromatic N) is 2. The number of carbonyl (C=O) groups excluding carboxylic acids is 1. The van der Waals surface area contributed by atoms with Crippen LogP contribution in [-0.2, 0) is 6.42 Å². The van der Waals surface area contributed by atoms with Crippen LogP contribution in [0.4, 0.5) is 0 Å². The van der Waals surface area contributed by atoms with E-state index >= 15 is 0 Å². The average Bonchev–Trinajstić information content (AvgIpc) is 3.19. The molecule has 0 aliphatic carbocycles. The monoisotopic (exact) mass is 407 g/mol. The van der Waals surface area contributed by atoms with Gasteiger partial charge in [0.25, 0.3) is 5.91 Å². The Bertz CT molecular complexity index is 1020. The summed E-state index contributed by atoms with van der Waals surface area (Å²) in [6.07, 6.45) is 2.04. The van der Waals surface area contributed by atoms with Crippen molar-refractivity contribution < 1.29 is 19.4 Å². The van der Waals surface area contributed by atoms with E-state index in [-0.39, 0.29) is 24.1 Å². The largest absolute Gasteiger partial charge is 0.497 e. The summed E-state index contributed by atoms with van der Waals surface area (Å²) in [5.41, 5.74) is 3.25. The Morgan fingerprint density at radius 3 is 2.33 bits per heavy atom. The molecule has 0 bridgehead atoms. The molecule has 0 aliphatic rings. The normalized spacial score (nSPS) is 11.7. The van der Waals surface area contributed by atoms with Gasteiger partial charge < -0.3 is 15.2 Å². The van der Waals surface area contributed by atoms with Gasteiger partial charge in [-0.05, 0) is 43.2 Å². The van der Waals surface area contributed by atoms with Gasteiger partial charge in [-0.15, -0.1) is 0 Å². The predicted molar refractivity (Wildman–Crippen MR) is 113 cm³/mol. The van der Waals surface area contributed by atoms with Crippen LogP contribution in [0.1, 0.15) is 50.5 Å². The third kappa shape index (κ3) is 4.68. The smallest absolute Gasteiger partial charge is 0.339 e. The van der Waals surface area contributed by atoms with E-state index in [0.717, 1.165) is 11.1 Å². The van der Waals surface area contributed by atoms with Crippen molar-refractivity contribution in [2.45, 2.75) is 26.3 Å². The lowest BCUT2D eigenvalue weighted by Crippen LogP contribution is -2.31. The van der Waals surface area contributed by atoms with Crippen molar-refractivity contribution in [1.29, 1.82) is 0 Å². The molecule has 7 nitrogen and oxygen atoms in total. The molecular weight excluding hydrogens is 382 g/mol. The summed E-state index contributed by atoms with van der Waals surface area (Å²) in [4.78, 5) is 24.2. The number of rotatable bonds is 8. The molecule has 7 heteroatoms. The van der Waals surface area contributed by atoms with Gasteiger partial charge in [0.2, 0.25) is 0 Å². The number of methoxy groups -OCH3 is 1. The fraction of sp³-hybridized carbons (Fsp3) is 0.261. The number of aromatic nitrogens is 2. The maximum absolute atomic E-state index is 12.6. The number of carboxylic acids is 1. The number of ether oxygens (including phenoxy) is 1. The zero-order chi connectivity index (χ0) is 21.7. The SMILES string of the molecule is CCc1nn(C(CNC(=O)c2ccc(OC)cc2)c2ccc(C)cc2)cc1C(=O)O. The Hall–Kier alpha value is -3.61. The van der Waals surface area contributed by atoms with Gasteiger partial charge in [-0.2, -0.15) is 5.10 Å². The number of nitrogens with one attached hydrogen (secondary N) is 1. The average molecular weight is 407 g/mol. The van der Waals surface area contributed by atoms with E-state index in [0.29, 0.717) is 23.4 Å². The Labute approximate surface area is 175 Å². The molecule has 0 radical (unpaired) electrons. The summed E-state index contributed by atoms with van der Waals surface area (Å²) in [5, 5.41) is 16.9. The molecule has 3 aromatic rings. The highest BCUT2D eigenvalue weighted by Crippen LogP contribution is 2.21. The molecule has 0 fully saturated rings. The number of carboxylic acid groups (broad SMARTS) is 1. The molecule has 2 N–H and O–H groups in total. The van der Waals surface area contributed by atoms with Crippen LogP contribution < -0.4 is 10.1 Å². The molecule has 0 saturated carbocycles. The van der Waals surface area contributed by atoms with Crippen molar-refractivity contribution in [2.24, 2.45) is 0 Å². The van der Waals surface area contributed by atoms with Crippen LogP contribution >= 0.6 is 0 Å². The van der Waals surface area contributed by atoms with Gasteiger partial charge >= 0.3 is 5.97 Å². The molecule has 1 aromatic heterocycles. The Balaban J connectivity index is 1.87. The molecular formula is C23H25N3O4. The number of hydrogen-bond acceptors (Lipinski definition) is 4. The molecule has 2 aromatic carbocycles. The van der Waals surface area contributed by atoms with Crippen molar-refractivity contribution in [3.05, 3.63) is 82.7 Å². The van der Waals surface area contributed by atoms with Crippen LogP contribution in [0.5, 0.6) is 5.75 Å². The van der Waals surface area contributed by atoms with E-state index in [1.54, 1.807) is 36.1 Å². The van der Waals surface area contributed by atoms with Crippen molar-refractivity contribution in [3.63, 3.8) is 0 Å². The van der Waals surface area contributed by atoms with Crippen molar-refractivity contribution >= 4 is 11.9 Å². The topological polar surface area (TPSA) is 93.5 Å². The fourth-order valence-corrected chi connectivity index (χ4v) is 3.21. The van der Waals surface area contributed by atoms with Crippen LogP contribution in [0.25, 0.3) is 0 Å². The van der Waals surface area contributed by atoms with Crippen LogP contribution in [0.3, 0.4) is 0 Å². The van der Waals surface area contributed by atoms with E-state index in [1.807, 2.05) is 38.1 Å². The molecule has 0 spiro atoms. The molecule has 30 heavy (non-hydrogen) atoms. The number of aryl methyl sites for hydroxylation is 2. The van der Waals surface area contributed by atoms with E-state index in [4.69, 9.17) is 4.74 Å². The highest BCUT2D eigenvalue weighted by molar-refractivity contribution is 5.94. The summed E-state index contributed by atoms with van der Waals surface area (Å²) in [5.74, 6) is -0.562. The van der Waals surface area contributed by atoms with Crippen molar-refractivity contribution in [1.82, 2.24) is 15.1 Å². The van der Waals surface area contributed by atoms with E-state index in [1.165, 1.54) is 6.20 Å². The lowest BCUT2D eigenvalue weighted by Gasteiger charge is -2.19. The van der Waals surface area contributed by atoms with Gasteiger partial charge in [-0.1, -0.05) is 36.8 Å². The molecule has 156 valence electrons. The highest BCUT2D eigenvalue weighted by atomic mass is 16.5. The second kappa shape index (κ2) is 9.26. The Kier molecular flexibility index (Phi) is 6.51. The van der Waals surface area contributed by atoms with Crippen LogP contribution in [0.15, 0.2) is 54.7 Å². The third-order valence-corrected chi connectivity index (χ3v) is 4.96. The van der Waals surface area contributed by atoms with Gasteiger partial charge in [-0.25, -0.2) is 4.79 Å². The minimum absolute atomic E-state index is 0.177. The molecule has 0 saturated heterocycles. The first kappa shape index (κ1) is 21.1. The molecule has 3 rings (SSSR count). The van der Waals surface area contributed by atoms with Crippen LogP contribution in [-0.4, -0.2) is 40.4 Å². The number of aromatic carboxylic acids is 1. The van der Waals surface area contributed by atoms with E-state index in [2.05, 4.69) is 10.4 Å². The molecule has 1 amide bonds. The lowest BCUT2D eigenvalue weighted by molar-refractivity contribution is 0.0695. The summed E-state index contributed by atoms with van der Waals surface area (Å²) in [6, 6.07) is 14.4. The van der Waals surface area contributed by atoms with Crippen LogP contribution in [0, 0.1) is 6.92 Å². The van der Waals surface area contributed by atoms with Crippen molar-refractivity contribution in [3.8, 4) is 5.75 Å². The van der Waals surface area contributed by atoms with Crippen molar-refractivity contribution in [2.75, 3.05) is 13.7 Å². The standard InChI is InChI=1S/C23H25N3O4/c1-4-20-19(23(28)29)14-26(25-20)21(16-7-5-15(2)6-8-16)13-24-22(27)17-9-11-18(30-3)12-10-17/h5-12,14,21H,4,13H2,1-3H3,(H,24,27)(H,28,29). The van der Waals surface area contributed by atoms with Gasteiger partial charge in [0.1, 0.15) is 11.3 Å². The zero-order valence-electron chi connectivity index (χ0n) is 17.3. The van der Waals surface area contributed by atoms with Gasteiger partial charge in [-0.3, -0.25) is 9.48 Å². The summed E-state index contributed by atoms with van der Waals surface area (Å²) in [6.45, 7) is 4.12. The summed E-state index contributed by atoms with van der Waals surface area (Å²) in [7, 11) is 1.57. The highest BCUT2D eigenvalue weighted by Gasteiger charge is 2.21. The number of benzene rings is 2. The summed E-state index contributed by atoms with van der Waals surface area (Å²) >= 11 is 0. The quantitative estimate of drug-likeness (QED) is 0.596. The minimum atomic E-state index is -1.01. The van der Waals surface area contributed by atoms with Crippen LogP contribution in [0.2, 0.25) is 0 Å². The number of carbonyl (C=O) groups is 2. The van der Waals surface area contributed by atoms with E-state index in [9.17, 15) is 14.7 Å². The maximum atomic E-state index is 12.6. The fourth-order valence-electron chi connectivity index (χ4n) is 3.21. The van der Waals surface area contributed by atoms with Gasteiger partial charge in [0.05, 0.1) is 18.8 Å². The molecule has 1 heterocycles. The summed E-state index contributed by atoms with van der Waals surface area (Å²) < 4.78 is 6.75. The van der Waals surface area contributed by atoms with Gasteiger partial charge in [0.15, 0.2) is 0 Å². The number of amides is 1. The minimum Gasteiger partial charge on any atom is -0.497 e. The second-order valence-electron chi connectivity index (χ2n) is 6.99. The molecule has 1 unspecified atom stereocenters. The van der Waals surface area contributed by atoms with Gasteiger partial charge in [0, 0.05) is 18.3 Å². The zero-order valence-corrected chi connectivity index (χ0v) is 17.3. The number of hydrogen-bond donors (Lipinski definition) is 2. The first-order valence-corrected chi connectivity index (χ1v) is 9.73. The predicted octanol–water partition coefficient (Wildman–Crippen LogP) is 3.48. The third-order valence-electron chi connectivity index (χ3n) is 4.96. The van der Waals surface area contributed by atoms with E-state index < -0.39 is 5.97 Å². The second-order valence-corrected chi connectivity index (χ2v) is 6.99. The lowest BCUT2D eigenvalue weighted by atomic mass is 10.0. The first-order chi connectivity index (χ1) is 14.4.